The van der Waals surface area contributed by atoms with Crippen molar-refractivity contribution in [1.29, 1.82) is 0 Å². The molecule has 126 valence electrons. The van der Waals surface area contributed by atoms with E-state index in [1.807, 2.05) is 6.07 Å². The lowest BCUT2D eigenvalue weighted by Crippen LogP contribution is -2.41. The Morgan fingerprint density at radius 3 is 2.74 bits per heavy atom. The number of hydrogen-bond donors (Lipinski definition) is 2. The highest BCUT2D eigenvalue weighted by Crippen LogP contribution is 2.19. The number of anilines is 1. The van der Waals surface area contributed by atoms with Gasteiger partial charge in [-0.3, -0.25) is 4.79 Å². The minimum absolute atomic E-state index is 0.215. The van der Waals surface area contributed by atoms with Gasteiger partial charge in [0.25, 0.3) is 5.91 Å². The molecule has 1 atom stereocenters. The number of likely N-dealkylation sites (tertiary alicyclic amines) is 1. The molecule has 1 unspecified atom stereocenters. The first kappa shape index (κ1) is 16.1. The van der Waals surface area contributed by atoms with Crippen molar-refractivity contribution in [3.8, 4) is 0 Å². The second kappa shape index (κ2) is 7.70. The zero-order valence-electron chi connectivity index (χ0n) is 13.6. The monoisotopic (exact) mass is 319 g/mol. The maximum atomic E-state index is 11.4. The molecule has 2 saturated heterocycles. The van der Waals surface area contributed by atoms with Crippen LogP contribution in [-0.4, -0.2) is 66.9 Å². The number of nitrogens with zero attached hydrogens (tertiary/aromatic N) is 3. The molecule has 2 N–H and O–H groups in total. The van der Waals surface area contributed by atoms with E-state index in [2.05, 4.69) is 25.7 Å². The summed E-state index contributed by atoms with van der Waals surface area (Å²) in [5.41, 5.74) is 0.339. The molecule has 1 amide bonds. The average molecular weight is 319 g/mol. The highest BCUT2D eigenvalue weighted by atomic mass is 16.5. The molecular weight excluding hydrogens is 294 g/mol. The van der Waals surface area contributed by atoms with Crippen molar-refractivity contribution in [3.63, 3.8) is 0 Å². The molecule has 23 heavy (non-hydrogen) atoms. The Bertz CT molecular complexity index is 508. The molecule has 1 aromatic heterocycles. The van der Waals surface area contributed by atoms with Gasteiger partial charge in [-0.15, -0.1) is 10.2 Å². The summed E-state index contributed by atoms with van der Waals surface area (Å²) in [7, 11) is 1.58. The topological polar surface area (TPSA) is 79.4 Å². The van der Waals surface area contributed by atoms with E-state index in [4.69, 9.17) is 4.74 Å². The number of ether oxygens (including phenoxy) is 1. The first-order chi connectivity index (χ1) is 11.2. The van der Waals surface area contributed by atoms with Crippen molar-refractivity contribution in [2.24, 2.45) is 5.92 Å². The summed E-state index contributed by atoms with van der Waals surface area (Å²) in [5.74, 6) is 1.23. The number of piperidine rings is 1. The number of amides is 1. The molecule has 3 rings (SSSR count). The van der Waals surface area contributed by atoms with Gasteiger partial charge in [-0.2, -0.15) is 0 Å². The molecule has 2 fully saturated rings. The largest absolute Gasteiger partial charge is 0.381 e. The predicted molar refractivity (Wildman–Crippen MR) is 87.4 cm³/mol. The Balaban J connectivity index is 1.44. The molecule has 7 heteroatoms. The minimum Gasteiger partial charge on any atom is -0.381 e. The van der Waals surface area contributed by atoms with E-state index in [9.17, 15) is 4.79 Å². The van der Waals surface area contributed by atoms with Gasteiger partial charge in [0.05, 0.1) is 6.61 Å². The smallest absolute Gasteiger partial charge is 0.271 e. The average Bonchev–Trinajstić information content (AvgIpc) is 3.10. The third-order valence-electron chi connectivity index (χ3n) is 4.60. The SMILES string of the molecule is CNC(=O)c1ccc(NC2CCN(CC3CCOC3)CC2)nn1. The predicted octanol–water partition coefficient (Wildman–Crippen LogP) is 0.749. The normalized spacial score (nSPS) is 22.9. The van der Waals surface area contributed by atoms with Gasteiger partial charge in [-0.25, -0.2) is 0 Å². The summed E-state index contributed by atoms with van der Waals surface area (Å²) < 4.78 is 5.45. The molecule has 0 aromatic carbocycles. The van der Waals surface area contributed by atoms with Gasteiger partial charge in [0.2, 0.25) is 0 Å². The van der Waals surface area contributed by atoms with Crippen molar-refractivity contribution in [2.75, 3.05) is 45.2 Å². The molecule has 2 aliphatic rings. The van der Waals surface area contributed by atoms with E-state index in [0.29, 0.717) is 17.7 Å². The fourth-order valence-corrected chi connectivity index (χ4v) is 3.22. The van der Waals surface area contributed by atoms with E-state index in [1.165, 1.54) is 6.42 Å². The Morgan fingerprint density at radius 1 is 1.30 bits per heavy atom. The van der Waals surface area contributed by atoms with Crippen LogP contribution in [-0.2, 0) is 4.74 Å². The van der Waals surface area contributed by atoms with E-state index in [1.54, 1.807) is 13.1 Å². The third kappa shape index (κ3) is 4.39. The number of rotatable bonds is 5. The van der Waals surface area contributed by atoms with Crippen molar-refractivity contribution < 1.29 is 9.53 Å². The zero-order valence-corrected chi connectivity index (χ0v) is 13.6. The first-order valence-corrected chi connectivity index (χ1v) is 8.37. The number of aromatic nitrogens is 2. The van der Waals surface area contributed by atoms with Crippen molar-refractivity contribution in [3.05, 3.63) is 17.8 Å². The van der Waals surface area contributed by atoms with Crippen molar-refractivity contribution in [1.82, 2.24) is 20.4 Å². The lowest BCUT2D eigenvalue weighted by atomic mass is 10.0. The molecule has 2 aliphatic heterocycles. The van der Waals surface area contributed by atoms with Crippen LogP contribution in [0.1, 0.15) is 29.8 Å². The van der Waals surface area contributed by atoms with E-state index in [-0.39, 0.29) is 5.91 Å². The second-order valence-corrected chi connectivity index (χ2v) is 6.33. The van der Waals surface area contributed by atoms with Crippen LogP contribution in [0.15, 0.2) is 12.1 Å². The zero-order chi connectivity index (χ0) is 16.1. The van der Waals surface area contributed by atoms with Crippen molar-refractivity contribution in [2.45, 2.75) is 25.3 Å². The summed E-state index contributed by atoms with van der Waals surface area (Å²) in [6, 6.07) is 3.94. The number of carbonyl (C=O) groups excluding carboxylic acids is 1. The van der Waals surface area contributed by atoms with Crippen LogP contribution >= 0.6 is 0 Å². The molecule has 0 aliphatic carbocycles. The van der Waals surface area contributed by atoms with Gasteiger partial charge in [0.15, 0.2) is 5.69 Å². The third-order valence-corrected chi connectivity index (χ3v) is 4.60. The Labute approximate surface area is 136 Å². The van der Waals surface area contributed by atoms with Crippen LogP contribution in [0.4, 0.5) is 5.82 Å². The molecule has 7 nitrogen and oxygen atoms in total. The van der Waals surface area contributed by atoms with Gasteiger partial charge in [-0.05, 0) is 37.3 Å². The van der Waals surface area contributed by atoms with Crippen LogP contribution in [0.2, 0.25) is 0 Å². The van der Waals surface area contributed by atoms with Crippen LogP contribution in [0, 0.1) is 5.92 Å². The van der Waals surface area contributed by atoms with Gasteiger partial charge in [0, 0.05) is 39.3 Å². The Hall–Kier alpha value is -1.73. The molecule has 0 bridgehead atoms. The summed E-state index contributed by atoms with van der Waals surface area (Å²) in [5, 5.41) is 14.0. The Morgan fingerprint density at radius 2 is 2.13 bits per heavy atom. The van der Waals surface area contributed by atoms with Crippen LogP contribution in [0.25, 0.3) is 0 Å². The van der Waals surface area contributed by atoms with Crippen LogP contribution in [0.5, 0.6) is 0 Å². The molecule has 0 saturated carbocycles. The van der Waals surface area contributed by atoms with Gasteiger partial charge in [-0.1, -0.05) is 0 Å². The molecule has 0 radical (unpaired) electrons. The highest BCUT2D eigenvalue weighted by molar-refractivity contribution is 5.91. The summed E-state index contributed by atoms with van der Waals surface area (Å²) in [4.78, 5) is 14.0. The number of carbonyl (C=O) groups is 1. The molecule has 1 aromatic rings. The quantitative estimate of drug-likeness (QED) is 0.834. The fourth-order valence-electron chi connectivity index (χ4n) is 3.22. The van der Waals surface area contributed by atoms with E-state index < -0.39 is 0 Å². The van der Waals surface area contributed by atoms with Gasteiger partial charge >= 0.3 is 0 Å². The maximum absolute atomic E-state index is 11.4. The highest BCUT2D eigenvalue weighted by Gasteiger charge is 2.24. The van der Waals surface area contributed by atoms with Crippen molar-refractivity contribution >= 4 is 11.7 Å². The van der Waals surface area contributed by atoms with E-state index >= 15 is 0 Å². The maximum Gasteiger partial charge on any atom is 0.271 e. The first-order valence-electron chi connectivity index (χ1n) is 8.37. The number of nitrogens with one attached hydrogen (secondary N) is 2. The molecule has 3 heterocycles. The minimum atomic E-state index is -0.215. The lowest BCUT2D eigenvalue weighted by Gasteiger charge is -2.33. The lowest BCUT2D eigenvalue weighted by molar-refractivity contribution is 0.0957. The summed E-state index contributed by atoms with van der Waals surface area (Å²) in [6.45, 7) is 5.22. The molecular formula is C16H25N5O2. The Kier molecular flexibility index (Phi) is 5.40. The number of hydrogen-bond acceptors (Lipinski definition) is 6. The summed E-state index contributed by atoms with van der Waals surface area (Å²) >= 11 is 0. The summed E-state index contributed by atoms with van der Waals surface area (Å²) in [6.07, 6.45) is 3.41. The van der Waals surface area contributed by atoms with Gasteiger partial charge < -0.3 is 20.3 Å². The molecule has 0 spiro atoms. The fraction of sp³-hybridized carbons (Fsp3) is 0.688. The standard InChI is InChI=1S/C16H25N5O2/c1-17-16(22)14-2-3-15(20-19-14)18-13-4-7-21(8-5-13)10-12-6-9-23-11-12/h2-3,12-13H,4-11H2,1H3,(H,17,22)(H,18,20). The van der Waals surface area contributed by atoms with Crippen LogP contribution in [0.3, 0.4) is 0 Å². The second-order valence-electron chi connectivity index (χ2n) is 6.33. The van der Waals surface area contributed by atoms with Gasteiger partial charge in [0.1, 0.15) is 5.82 Å². The van der Waals surface area contributed by atoms with E-state index in [0.717, 1.165) is 51.5 Å². The van der Waals surface area contributed by atoms with Crippen LogP contribution < -0.4 is 10.6 Å².